The van der Waals surface area contributed by atoms with E-state index < -0.39 is 0 Å². The molecule has 18 heavy (non-hydrogen) atoms. The largest absolute Gasteiger partial charge is 0.342 e. The predicted octanol–water partition coefficient (Wildman–Crippen LogP) is 2.29. The number of hydrogen-bond acceptors (Lipinski definition) is 4. The van der Waals surface area contributed by atoms with Gasteiger partial charge in [0.25, 0.3) is 0 Å². The van der Waals surface area contributed by atoms with Crippen molar-refractivity contribution in [3.05, 3.63) is 22.7 Å². The summed E-state index contributed by atoms with van der Waals surface area (Å²) in [6.45, 7) is 3.70. The molecule has 0 saturated carbocycles. The van der Waals surface area contributed by atoms with Crippen molar-refractivity contribution in [3.63, 3.8) is 0 Å². The number of aromatic nitrogens is 2. The van der Waals surface area contributed by atoms with Gasteiger partial charge in [-0.3, -0.25) is 4.79 Å². The number of rotatable bonds is 4. The molecule has 1 aromatic rings. The first kappa shape index (κ1) is 13.6. The third kappa shape index (κ3) is 3.85. The topological polar surface area (TPSA) is 46.1 Å². The predicted molar refractivity (Wildman–Crippen MR) is 73.8 cm³/mol. The van der Waals surface area contributed by atoms with Crippen LogP contribution in [0.3, 0.4) is 0 Å². The molecule has 0 bridgehead atoms. The maximum Gasteiger partial charge on any atom is 0.232 e. The maximum atomic E-state index is 11.8. The highest BCUT2D eigenvalue weighted by Gasteiger charge is 2.17. The highest BCUT2D eigenvalue weighted by Crippen LogP contribution is 2.15. The van der Waals surface area contributed by atoms with Crippen LogP contribution in [-0.4, -0.2) is 39.6 Å². The van der Waals surface area contributed by atoms with Crippen molar-refractivity contribution in [3.8, 4) is 0 Å². The lowest BCUT2D eigenvalue weighted by molar-refractivity contribution is -0.127. The zero-order chi connectivity index (χ0) is 13.0. The molecule has 2 rings (SSSR count). The van der Waals surface area contributed by atoms with Crippen molar-refractivity contribution in [1.29, 1.82) is 0 Å². The second kappa shape index (κ2) is 6.38. The number of halogens is 1. The van der Waals surface area contributed by atoms with Crippen LogP contribution >= 0.6 is 23.4 Å². The lowest BCUT2D eigenvalue weighted by atomic mass is 10.4. The van der Waals surface area contributed by atoms with Gasteiger partial charge in [0.1, 0.15) is 11.0 Å². The first-order valence-corrected chi connectivity index (χ1v) is 7.54. The number of carbonyl (C=O) groups excluding carboxylic acids is 1. The van der Waals surface area contributed by atoms with Crippen LogP contribution in [0, 0.1) is 6.92 Å². The van der Waals surface area contributed by atoms with Crippen LogP contribution in [0.15, 0.2) is 6.07 Å². The van der Waals surface area contributed by atoms with E-state index >= 15 is 0 Å². The number of thioether (sulfide) groups is 1. The highest BCUT2D eigenvalue weighted by atomic mass is 35.5. The standard InChI is InChI=1S/C12H16ClN3OS/c1-9-6-10(13)15-11(14-9)7-18-8-12(17)16-4-2-3-5-16/h6H,2-5,7-8H2,1H3. The van der Waals surface area contributed by atoms with E-state index in [9.17, 15) is 4.79 Å². The van der Waals surface area contributed by atoms with Gasteiger partial charge in [0.15, 0.2) is 0 Å². The Morgan fingerprint density at radius 2 is 2.17 bits per heavy atom. The van der Waals surface area contributed by atoms with Gasteiger partial charge < -0.3 is 4.90 Å². The minimum Gasteiger partial charge on any atom is -0.342 e. The number of carbonyl (C=O) groups is 1. The first-order valence-electron chi connectivity index (χ1n) is 6.01. The second-order valence-corrected chi connectivity index (χ2v) is 5.70. The maximum absolute atomic E-state index is 11.8. The number of aryl methyl sites for hydroxylation is 1. The molecule has 0 aliphatic carbocycles. The Labute approximate surface area is 116 Å². The molecule has 98 valence electrons. The van der Waals surface area contributed by atoms with Crippen LogP contribution in [0.2, 0.25) is 5.15 Å². The molecule has 0 aromatic carbocycles. The molecule has 0 radical (unpaired) electrons. The Morgan fingerprint density at radius 1 is 1.44 bits per heavy atom. The molecule has 1 aliphatic heterocycles. The van der Waals surface area contributed by atoms with Crippen molar-refractivity contribution >= 4 is 29.3 Å². The van der Waals surface area contributed by atoms with Gasteiger partial charge in [0.05, 0.1) is 11.5 Å². The van der Waals surface area contributed by atoms with E-state index in [1.54, 1.807) is 17.8 Å². The number of amides is 1. The van der Waals surface area contributed by atoms with Crippen LogP contribution in [-0.2, 0) is 10.5 Å². The fraction of sp³-hybridized carbons (Fsp3) is 0.583. The van der Waals surface area contributed by atoms with E-state index in [2.05, 4.69) is 9.97 Å². The first-order chi connectivity index (χ1) is 8.65. The molecule has 0 atom stereocenters. The average Bonchev–Trinajstić information content (AvgIpc) is 2.80. The number of nitrogens with zero attached hydrogens (tertiary/aromatic N) is 3. The number of likely N-dealkylation sites (tertiary alicyclic amines) is 1. The minimum absolute atomic E-state index is 0.219. The highest BCUT2D eigenvalue weighted by molar-refractivity contribution is 7.99. The molecule has 0 unspecified atom stereocenters. The Kier molecular flexibility index (Phi) is 4.83. The van der Waals surface area contributed by atoms with Crippen molar-refractivity contribution in [1.82, 2.24) is 14.9 Å². The summed E-state index contributed by atoms with van der Waals surface area (Å²) in [5, 5.41) is 0.462. The van der Waals surface area contributed by atoms with Crippen LogP contribution in [0.5, 0.6) is 0 Å². The molecule has 1 amide bonds. The second-order valence-electron chi connectivity index (χ2n) is 4.33. The Morgan fingerprint density at radius 3 is 2.83 bits per heavy atom. The van der Waals surface area contributed by atoms with E-state index in [0.29, 0.717) is 22.5 Å². The average molecular weight is 286 g/mol. The zero-order valence-electron chi connectivity index (χ0n) is 10.4. The summed E-state index contributed by atoms with van der Waals surface area (Å²) in [5.41, 5.74) is 0.858. The molecule has 6 heteroatoms. The van der Waals surface area contributed by atoms with Gasteiger partial charge >= 0.3 is 0 Å². The smallest absolute Gasteiger partial charge is 0.232 e. The molecular weight excluding hydrogens is 270 g/mol. The monoisotopic (exact) mass is 285 g/mol. The lowest BCUT2D eigenvalue weighted by Gasteiger charge is -2.14. The van der Waals surface area contributed by atoms with Gasteiger partial charge in [0.2, 0.25) is 5.91 Å². The van der Waals surface area contributed by atoms with E-state index in [1.165, 1.54) is 0 Å². The summed E-state index contributed by atoms with van der Waals surface area (Å²) in [6.07, 6.45) is 2.26. The number of hydrogen-bond donors (Lipinski definition) is 0. The molecule has 1 saturated heterocycles. The third-order valence-corrected chi connectivity index (χ3v) is 3.89. The Bertz CT molecular complexity index is 415. The molecule has 0 N–H and O–H groups in total. The van der Waals surface area contributed by atoms with Crippen LogP contribution < -0.4 is 0 Å². The van der Waals surface area contributed by atoms with Crippen molar-refractivity contribution in [2.75, 3.05) is 18.8 Å². The molecule has 1 fully saturated rings. The summed E-state index contributed by atoms with van der Waals surface area (Å²) in [7, 11) is 0. The summed E-state index contributed by atoms with van der Waals surface area (Å²) in [4.78, 5) is 22.2. The van der Waals surface area contributed by atoms with Gasteiger partial charge in [-0.15, -0.1) is 11.8 Å². The third-order valence-electron chi connectivity index (χ3n) is 2.78. The Balaban J connectivity index is 1.79. The van der Waals surface area contributed by atoms with Gasteiger partial charge in [-0.05, 0) is 25.8 Å². The summed E-state index contributed by atoms with van der Waals surface area (Å²) < 4.78 is 0. The van der Waals surface area contributed by atoms with Gasteiger partial charge in [-0.2, -0.15) is 0 Å². The molecular formula is C12H16ClN3OS. The van der Waals surface area contributed by atoms with Gasteiger partial charge in [-0.25, -0.2) is 9.97 Å². The summed E-state index contributed by atoms with van der Waals surface area (Å²) >= 11 is 7.40. The van der Waals surface area contributed by atoms with Gasteiger partial charge in [0, 0.05) is 18.8 Å². The molecule has 0 spiro atoms. The SMILES string of the molecule is Cc1cc(Cl)nc(CSCC(=O)N2CCCC2)n1. The normalized spacial score (nSPS) is 15.1. The summed E-state index contributed by atoms with van der Waals surface area (Å²) in [6, 6.07) is 1.73. The van der Waals surface area contributed by atoms with E-state index in [0.717, 1.165) is 31.6 Å². The van der Waals surface area contributed by atoms with Gasteiger partial charge in [-0.1, -0.05) is 11.6 Å². The molecule has 1 aromatic heterocycles. The minimum atomic E-state index is 0.219. The van der Waals surface area contributed by atoms with Crippen molar-refractivity contribution < 1.29 is 4.79 Å². The Hall–Kier alpha value is -0.810. The van der Waals surface area contributed by atoms with E-state index in [4.69, 9.17) is 11.6 Å². The molecule has 2 heterocycles. The van der Waals surface area contributed by atoms with Crippen molar-refractivity contribution in [2.24, 2.45) is 0 Å². The van der Waals surface area contributed by atoms with E-state index in [1.807, 2.05) is 11.8 Å². The quantitative estimate of drug-likeness (QED) is 0.797. The van der Waals surface area contributed by atoms with Crippen LogP contribution in [0.25, 0.3) is 0 Å². The molecule has 4 nitrogen and oxygen atoms in total. The summed E-state index contributed by atoms with van der Waals surface area (Å²) in [5.74, 6) is 2.03. The zero-order valence-corrected chi connectivity index (χ0v) is 11.9. The molecule has 1 aliphatic rings. The van der Waals surface area contributed by atoms with E-state index in [-0.39, 0.29) is 5.91 Å². The lowest BCUT2D eigenvalue weighted by Crippen LogP contribution is -2.29. The van der Waals surface area contributed by atoms with Crippen LogP contribution in [0.4, 0.5) is 0 Å². The van der Waals surface area contributed by atoms with Crippen molar-refractivity contribution in [2.45, 2.75) is 25.5 Å². The fourth-order valence-electron chi connectivity index (χ4n) is 1.94. The fourth-order valence-corrected chi connectivity index (χ4v) is 2.97. The van der Waals surface area contributed by atoms with Crippen LogP contribution in [0.1, 0.15) is 24.4 Å².